The molecule has 100 valence electrons. The van der Waals surface area contributed by atoms with Gasteiger partial charge in [0.1, 0.15) is 0 Å². The van der Waals surface area contributed by atoms with Crippen LogP contribution in [0.4, 0.5) is 0 Å². The van der Waals surface area contributed by atoms with Crippen LogP contribution in [0.25, 0.3) is 0 Å². The van der Waals surface area contributed by atoms with Gasteiger partial charge in [-0.25, -0.2) is 0 Å². The number of nitrogens with one attached hydrogen (secondary N) is 1. The van der Waals surface area contributed by atoms with Crippen LogP contribution in [0.2, 0.25) is 0 Å². The van der Waals surface area contributed by atoms with Gasteiger partial charge in [0.25, 0.3) is 0 Å². The third kappa shape index (κ3) is 4.78. The summed E-state index contributed by atoms with van der Waals surface area (Å²) < 4.78 is 1.07. The first-order valence-corrected chi connectivity index (χ1v) is 7.06. The zero-order valence-corrected chi connectivity index (χ0v) is 12.6. The first-order chi connectivity index (χ1) is 8.54. The van der Waals surface area contributed by atoms with Crippen molar-refractivity contribution < 1.29 is 4.79 Å². The molecule has 1 amide bonds. The summed E-state index contributed by atoms with van der Waals surface area (Å²) in [6, 6.07) is 6.21. The molecule has 0 saturated heterocycles. The molecule has 0 bridgehead atoms. The number of benzene rings is 1. The molecule has 1 atom stereocenters. The van der Waals surface area contributed by atoms with Gasteiger partial charge in [-0.15, -0.1) is 0 Å². The molecule has 3 nitrogen and oxygen atoms in total. The summed E-state index contributed by atoms with van der Waals surface area (Å²) in [7, 11) is 0. The Morgan fingerprint density at radius 2 is 2.22 bits per heavy atom. The number of nitrogens with two attached hydrogens (primary N) is 1. The Hall–Kier alpha value is -0.870. The summed E-state index contributed by atoms with van der Waals surface area (Å²) in [6.07, 6.45) is 1.59. The minimum atomic E-state index is -0.00129. The largest absolute Gasteiger partial charge is 0.356 e. The van der Waals surface area contributed by atoms with E-state index in [2.05, 4.69) is 40.3 Å². The molecule has 1 aromatic carbocycles. The highest BCUT2D eigenvalue weighted by Gasteiger charge is 2.10. The monoisotopic (exact) mass is 312 g/mol. The predicted octanol–water partition coefficient (Wildman–Crippen LogP) is 2.40. The van der Waals surface area contributed by atoms with Crippen LogP contribution in [0.5, 0.6) is 0 Å². The van der Waals surface area contributed by atoms with Gasteiger partial charge < -0.3 is 11.1 Å². The number of amides is 1. The molecule has 0 saturated carbocycles. The molecule has 0 aliphatic heterocycles. The highest BCUT2D eigenvalue weighted by atomic mass is 79.9. The molecular formula is C14H21BrN2O. The third-order valence-corrected chi connectivity index (χ3v) is 3.55. The average Bonchev–Trinajstić information content (AvgIpc) is 2.33. The molecule has 0 aliphatic carbocycles. The molecule has 1 unspecified atom stereocenters. The number of hydrogen-bond donors (Lipinski definition) is 2. The number of rotatable bonds is 6. The summed E-state index contributed by atoms with van der Waals surface area (Å²) in [5.74, 6) is 0.0895. The molecule has 0 aromatic heterocycles. The lowest BCUT2D eigenvalue weighted by Crippen LogP contribution is -2.32. The first-order valence-electron chi connectivity index (χ1n) is 6.27. The number of hydrogen-bond acceptors (Lipinski definition) is 2. The minimum absolute atomic E-state index is 0.00129. The van der Waals surface area contributed by atoms with Crippen molar-refractivity contribution in [2.75, 3.05) is 13.1 Å². The molecule has 0 spiro atoms. The lowest BCUT2D eigenvalue weighted by atomic mass is 10.1. The van der Waals surface area contributed by atoms with Gasteiger partial charge in [-0.3, -0.25) is 4.79 Å². The number of carbonyl (C=O) groups is 1. The van der Waals surface area contributed by atoms with Crippen LogP contribution in [0.1, 0.15) is 24.5 Å². The van der Waals surface area contributed by atoms with Crippen molar-refractivity contribution in [1.82, 2.24) is 5.32 Å². The van der Waals surface area contributed by atoms with E-state index in [4.69, 9.17) is 5.73 Å². The smallest absolute Gasteiger partial charge is 0.222 e. The molecule has 0 aliphatic rings. The minimum Gasteiger partial charge on any atom is -0.356 e. The van der Waals surface area contributed by atoms with Crippen LogP contribution in [-0.2, 0) is 11.2 Å². The van der Waals surface area contributed by atoms with Crippen molar-refractivity contribution >= 4 is 21.8 Å². The molecule has 1 aromatic rings. The van der Waals surface area contributed by atoms with Crippen LogP contribution in [-0.4, -0.2) is 19.0 Å². The van der Waals surface area contributed by atoms with Crippen molar-refractivity contribution in [3.05, 3.63) is 33.8 Å². The summed E-state index contributed by atoms with van der Waals surface area (Å²) in [5, 5.41) is 2.95. The van der Waals surface area contributed by atoms with E-state index >= 15 is 0 Å². The fourth-order valence-corrected chi connectivity index (χ4v) is 2.19. The van der Waals surface area contributed by atoms with Gasteiger partial charge in [-0.2, -0.15) is 0 Å². The maximum Gasteiger partial charge on any atom is 0.222 e. The number of halogens is 1. The highest BCUT2D eigenvalue weighted by molar-refractivity contribution is 9.10. The highest BCUT2D eigenvalue weighted by Crippen LogP contribution is 2.16. The van der Waals surface area contributed by atoms with Crippen LogP contribution in [0.15, 0.2) is 22.7 Å². The van der Waals surface area contributed by atoms with E-state index in [-0.39, 0.29) is 11.8 Å². The summed E-state index contributed by atoms with van der Waals surface area (Å²) >= 11 is 3.46. The molecule has 3 N–H and O–H groups in total. The zero-order chi connectivity index (χ0) is 13.5. The lowest BCUT2D eigenvalue weighted by molar-refractivity contribution is -0.124. The SMILES string of the molecule is Cc1ccc(Br)cc1CCNC(=O)C(C)CCN. The Bertz CT molecular complexity index is 407. The van der Waals surface area contributed by atoms with E-state index < -0.39 is 0 Å². The lowest BCUT2D eigenvalue weighted by Gasteiger charge is -2.12. The van der Waals surface area contributed by atoms with Crippen molar-refractivity contribution in [1.29, 1.82) is 0 Å². The van der Waals surface area contributed by atoms with Gasteiger partial charge in [-0.05, 0) is 49.6 Å². The maximum atomic E-state index is 11.7. The first kappa shape index (κ1) is 15.2. The second-order valence-corrected chi connectivity index (χ2v) is 5.51. The molecular weight excluding hydrogens is 292 g/mol. The van der Waals surface area contributed by atoms with Crippen molar-refractivity contribution in [2.24, 2.45) is 11.7 Å². The average molecular weight is 313 g/mol. The van der Waals surface area contributed by atoms with E-state index in [1.807, 2.05) is 13.0 Å². The Morgan fingerprint density at radius 1 is 1.50 bits per heavy atom. The Labute approximate surface area is 117 Å². The van der Waals surface area contributed by atoms with Gasteiger partial charge >= 0.3 is 0 Å². The molecule has 4 heteroatoms. The fourth-order valence-electron chi connectivity index (χ4n) is 1.79. The van der Waals surface area contributed by atoms with Gasteiger partial charge in [0.15, 0.2) is 0 Å². The fraction of sp³-hybridized carbons (Fsp3) is 0.500. The molecule has 0 radical (unpaired) electrons. The van der Waals surface area contributed by atoms with E-state index in [0.717, 1.165) is 17.3 Å². The van der Waals surface area contributed by atoms with Gasteiger partial charge in [0, 0.05) is 16.9 Å². The summed E-state index contributed by atoms with van der Waals surface area (Å²) in [4.78, 5) is 11.7. The van der Waals surface area contributed by atoms with Gasteiger partial charge in [0.05, 0.1) is 0 Å². The normalized spacial score (nSPS) is 12.2. The van der Waals surface area contributed by atoms with Gasteiger partial charge in [-0.1, -0.05) is 28.9 Å². The van der Waals surface area contributed by atoms with E-state index in [1.165, 1.54) is 11.1 Å². The van der Waals surface area contributed by atoms with Crippen LogP contribution >= 0.6 is 15.9 Å². The zero-order valence-electron chi connectivity index (χ0n) is 11.0. The summed E-state index contributed by atoms with van der Waals surface area (Å²) in [6.45, 7) is 5.22. The Balaban J connectivity index is 2.42. The molecule has 0 heterocycles. The topological polar surface area (TPSA) is 55.1 Å². The Morgan fingerprint density at radius 3 is 2.89 bits per heavy atom. The molecule has 1 rings (SSSR count). The molecule has 18 heavy (non-hydrogen) atoms. The van der Waals surface area contributed by atoms with Crippen molar-refractivity contribution in [3.63, 3.8) is 0 Å². The van der Waals surface area contributed by atoms with E-state index in [0.29, 0.717) is 13.1 Å². The van der Waals surface area contributed by atoms with Crippen molar-refractivity contribution in [2.45, 2.75) is 26.7 Å². The standard InChI is InChI=1S/C14H21BrN2O/c1-10-3-4-13(15)9-12(10)6-8-17-14(18)11(2)5-7-16/h3-4,9,11H,5-8,16H2,1-2H3,(H,17,18). The summed E-state index contributed by atoms with van der Waals surface area (Å²) in [5.41, 5.74) is 7.95. The maximum absolute atomic E-state index is 11.7. The van der Waals surface area contributed by atoms with Crippen molar-refractivity contribution in [3.8, 4) is 0 Å². The predicted molar refractivity (Wildman–Crippen MR) is 78.4 cm³/mol. The quantitative estimate of drug-likeness (QED) is 0.847. The van der Waals surface area contributed by atoms with Crippen LogP contribution in [0.3, 0.4) is 0 Å². The molecule has 0 fully saturated rings. The van der Waals surface area contributed by atoms with Gasteiger partial charge in [0.2, 0.25) is 5.91 Å². The third-order valence-electron chi connectivity index (χ3n) is 3.05. The second kappa shape index (κ2) is 7.54. The van der Waals surface area contributed by atoms with Crippen LogP contribution < -0.4 is 11.1 Å². The van der Waals surface area contributed by atoms with Crippen LogP contribution in [0, 0.1) is 12.8 Å². The number of aryl methyl sites for hydroxylation is 1. The Kier molecular flexibility index (Phi) is 6.36. The number of carbonyl (C=O) groups excluding carboxylic acids is 1. The second-order valence-electron chi connectivity index (χ2n) is 4.59. The van der Waals surface area contributed by atoms with E-state index in [1.54, 1.807) is 0 Å². The van der Waals surface area contributed by atoms with E-state index in [9.17, 15) is 4.79 Å².